The lowest BCUT2D eigenvalue weighted by molar-refractivity contribution is -0.386. The Hall–Kier alpha value is -2.30. The molecule has 17 heavy (non-hydrogen) atoms. The van der Waals surface area contributed by atoms with E-state index in [2.05, 4.69) is 4.74 Å². The van der Waals surface area contributed by atoms with Crippen LogP contribution in [0.15, 0.2) is 12.1 Å². The molecule has 0 unspecified atom stereocenters. The number of nitro groups is 1. The van der Waals surface area contributed by atoms with Crippen LogP contribution in [0.5, 0.6) is 5.75 Å². The number of hydrogen-bond acceptors (Lipinski definition) is 4. The highest BCUT2D eigenvalue weighted by molar-refractivity contribution is 5.59. The SMILES string of the molecule is COc1c(C#N)cc(C(F)(F)F)cc1[N+](=O)[O-]. The normalized spacial score (nSPS) is 10.8. The van der Waals surface area contributed by atoms with Crippen molar-refractivity contribution in [3.05, 3.63) is 33.4 Å². The highest BCUT2D eigenvalue weighted by Gasteiger charge is 2.35. The van der Waals surface area contributed by atoms with E-state index in [1.165, 1.54) is 6.07 Å². The molecule has 0 amide bonds. The summed E-state index contributed by atoms with van der Waals surface area (Å²) in [5.74, 6) is -0.481. The number of nitriles is 1. The number of methoxy groups -OCH3 is 1. The standard InChI is InChI=1S/C9H5F3N2O3/c1-17-8-5(4-13)2-6(9(10,11)12)3-7(8)14(15)16/h2-3H,1H3. The maximum absolute atomic E-state index is 12.4. The van der Waals surface area contributed by atoms with Crippen molar-refractivity contribution in [2.45, 2.75) is 6.18 Å². The second-order valence-electron chi connectivity index (χ2n) is 2.94. The van der Waals surface area contributed by atoms with Gasteiger partial charge in [-0.05, 0) is 6.07 Å². The Morgan fingerprint density at radius 2 is 2.06 bits per heavy atom. The van der Waals surface area contributed by atoms with Crippen LogP contribution in [0, 0.1) is 21.4 Å². The highest BCUT2D eigenvalue weighted by atomic mass is 19.4. The third-order valence-electron chi connectivity index (χ3n) is 1.92. The fourth-order valence-electron chi connectivity index (χ4n) is 1.21. The third kappa shape index (κ3) is 2.44. The average Bonchev–Trinajstić information content (AvgIpc) is 2.25. The summed E-state index contributed by atoms with van der Waals surface area (Å²) < 4.78 is 41.8. The van der Waals surface area contributed by atoms with Gasteiger partial charge < -0.3 is 4.74 Å². The fraction of sp³-hybridized carbons (Fsp3) is 0.222. The van der Waals surface area contributed by atoms with Crippen molar-refractivity contribution in [1.29, 1.82) is 5.26 Å². The van der Waals surface area contributed by atoms with E-state index in [1.54, 1.807) is 0 Å². The molecular weight excluding hydrogens is 241 g/mol. The van der Waals surface area contributed by atoms with Gasteiger partial charge in [0.15, 0.2) is 0 Å². The van der Waals surface area contributed by atoms with E-state index in [9.17, 15) is 23.3 Å². The van der Waals surface area contributed by atoms with Crippen LogP contribution in [-0.4, -0.2) is 12.0 Å². The first-order valence-electron chi connectivity index (χ1n) is 4.15. The van der Waals surface area contributed by atoms with Gasteiger partial charge >= 0.3 is 11.9 Å². The number of alkyl halides is 3. The van der Waals surface area contributed by atoms with E-state index >= 15 is 0 Å². The smallest absolute Gasteiger partial charge is 0.416 e. The molecule has 0 aliphatic heterocycles. The van der Waals surface area contributed by atoms with Gasteiger partial charge in [-0.25, -0.2) is 0 Å². The Balaban J connectivity index is 3.59. The Labute approximate surface area is 93.2 Å². The summed E-state index contributed by atoms with van der Waals surface area (Å²) in [6, 6.07) is 2.26. The molecule has 1 aromatic rings. The quantitative estimate of drug-likeness (QED) is 0.593. The molecule has 0 bridgehead atoms. The number of nitro benzene ring substituents is 1. The van der Waals surface area contributed by atoms with Crippen LogP contribution < -0.4 is 4.74 Å². The second-order valence-corrected chi connectivity index (χ2v) is 2.94. The second kappa shape index (κ2) is 4.29. The molecule has 90 valence electrons. The predicted octanol–water partition coefficient (Wildman–Crippen LogP) is 2.49. The maximum atomic E-state index is 12.4. The number of benzene rings is 1. The van der Waals surface area contributed by atoms with Gasteiger partial charge in [0.1, 0.15) is 11.6 Å². The van der Waals surface area contributed by atoms with Crippen molar-refractivity contribution < 1.29 is 22.8 Å². The number of rotatable bonds is 2. The molecule has 0 heterocycles. The van der Waals surface area contributed by atoms with Gasteiger partial charge in [-0.1, -0.05) is 0 Å². The minimum atomic E-state index is -4.76. The van der Waals surface area contributed by atoms with Crippen LogP contribution in [0.2, 0.25) is 0 Å². The van der Waals surface area contributed by atoms with Gasteiger partial charge in [-0.2, -0.15) is 18.4 Å². The van der Waals surface area contributed by atoms with E-state index < -0.39 is 33.7 Å². The average molecular weight is 246 g/mol. The van der Waals surface area contributed by atoms with Crippen molar-refractivity contribution in [1.82, 2.24) is 0 Å². The molecule has 0 atom stereocenters. The molecule has 0 radical (unpaired) electrons. The van der Waals surface area contributed by atoms with Gasteiger partial charge in [-0.15, -0.1) is 0 Å². The fourth-order valence-corrected chi connectivity index (χ4v) is 1.21. The van der Waals surface area contributed by atoms with Crippen LogP contribution in [0.1, 0.15) is 11.1 Å². The Bertz CT molecular complexity index is 505. The monoisotopic (exact) mass is 246 g/mol. The third-order valence-corrected chi connectivity index (χ3v) is 1.92. The molecule has 0 fully saturated rings. The summed E-state index contributed by atoms with van der Waals surface area (Å²) >= 11 is 0. The van der Waals surface area contributed by atoms with Crippen molar-refractivity contribution in [2.24, 2.45) is 0 Å². The molecule has 1 rings (SSSR count). The zero-order valence-corrected chi connectivity index (χ0v) is 8.41. The van der Waals surface area contributed by atoms with Crippen LogP contribution in [-0.2, 0) is 6.18 Å². The molecule has 0 aromatic heterocycles. The Morgan fingerprint density at radius 3 is 2.41 bits per heavy atom. The lowest BCUT2D eigenvalue weighted by Crippen LogP contribution is -2.07. The van der Waals surface area contributed by atoms with Crippen LogP contribution in [0.3, 0.4) is 0 Å². The topological polar surface area (TPSA) is 76.2 Å². The first kappa shape index (κ1) is 12.8. The summed E-state index contributed by atoms with van der Waals surface area (Å²) in [5, 5.41) is 19.2. The minimum Gasteiger partial charge on any atom is -0.489 e. The summed E-state index contributed by atoms with van der Waals surface area (Å²) in [5.41, 5.74) is -2.69. The van der Waals surface area contributed by atoms with Crippen molar-refractivity contribution >= 4 is 5.69 Å². The summed E-state index contributed by atoms with van der Waals surface area (Å²) in [7, 11) is 1.04. The largest absolute Gasteiger partial charge is 0.489 e. The molecule has 0 N–H and O–H groups in total. The van der Waals surface area contributed by atoms with Gasteiger partial charge in [0, 0.05) is 6.07 Å². The van der Waals surface area contributed by atoms with E-state index in [0.717, 1.165) is 7.11 Å². The highest BCUT2D eigenvalue weighted by Crippen LogP contribution is 2.38. The zero-order chi connectivity index (χ0) is 13.2. The Kier molecular flexibility index (Phi) is 3.22. The molecule has 0 aliphatic carbocycles. The Morgan fingerprint density at radius 1 is 1.47 bits per heavy atom. The molecule has 0 aliphatic rings. The molecular formula is C9H5F3N2O3. The number of ether oxygens (including phenoxy) is 1. The molecule has 1 aromatic carbocycles. The van der Waals surface area contributed by atoms with Gasteiger partial charge in [0.05, 0.1) is 17.6 Å². The van der Waals surface area contributed by atoms with Crippen LogP contribution in [0.25, 0.3) is 0 Å². The molecule has 0 spiro atoms. The lowest BCUT2D eigenvalue weighted by atomic mass is 10.1. The molecule has 5 nitrogen and oxygen atoms in total. The van der Waals surface area contributed by atoms with Crippen molar-refractivity contribution in [3.8, 4) is 11.8 Å². The van der Waals surface area contributed by atoms with Gasteiger partial charge in [0.2, 0.25) is 5.75 Å². The summed E-state index contributed by atoms with van der Waals surface area (Å²) in [6.07, 6.45) is -4.76. The summed E-state index contributed by atoms with van der Waals surface area (Å²) in [4.78, 5) is 9.54. The number of halogens is 3. The van der Waals surface area contributed by atoms with E-state index in [-0.39, 0.29) is 0 Å². The first-order chi connectivity index (χ1) is 7.81. The van der Waals surface area contributed by atoms with Crippen LogP contribution >= 0.6 is 0 Å². The lowest BCUT2D eigenvalue weighted by Gasteiger charge is -2.09. The maximum Gasteiger partial charge on any atom is 0.416 e. The van der Waals surface area contributed by atoms with E-state index in [1.807, 2.05) is 0 Å². The van der Waals surface area contributed by atoms with Crippen LogP contribution in [0.4, 0.5) is 18.9 Å². The molecule has 0 saturated heterocycles. The first-order valence-corrected chi connectivity index (χ1v) is 4.15. The van der Waals surface area contributed by atoms with Gasteiger partial charge in [0.25, 0.3) is 0 Å². The molecule has 0 saturated carbocycles. The van der Waals surface area contributed by atoms with Gasteiger partial charge in [-0.3, -0.25) is 10.1 Å². The number of nitrogens with zero attached hydrogens (tertiary/aromatic N) is 2. The summed E-state index contributed by atoms with van der Waals surface area (Å²) in [6.45, 7) is 0. The van der Waals surface area contributed by atoms with Crippen molar-refractivity contribution in [3.63, 3.8) is 0 Å². The predicted molar refractivity (Wildman–Crippen MR) is 49.4 cm³/mol. The van der Waals surface area contributed by atoms with E-state index in [0.29, 0.717) is 12.1 Å². The minimum absolute atomic E-state index is 0.333. The zero-order valence-electron chi connectivity index (χ0n) is 8.41. The molecule has 8 heteroatoms. The number of hydrogen-bond donors (Lipinski definition) is 0. The van der Waals surface area contributed by atoms with E-state index in [4.69, 9.17) is 5.26 Å². The van der Waals surface area contributed by atoms with Crippen molar-refractivity contribution in [2.75, 3.05) is 7.11 Å².